The van der Waals surface area contributed by atoms with Gasteiger partial charge in [0.15, 0.2) is 11.0 Å². The van der Waals surface area contributed by atoms with Gasteiger partial charge in [0.05, 0.1) is 5.25 Å². The zero-order valence-corrected chi connectivity index (χ0v) is 21.2. The molecule has 0 amide bonds. The number of aromatic nitrogens is 6. The van der Waals surface area contributed by atoms with Crippen LogP contribution in [-0.2, 0) is 5.41 Å². The van der Waals surface area contributed by atoms with Crippen molar-refractivity contribution in [1.29, 1.82) is 0 Å². The zero-order valence-electron chi connectivity index (χ0n) is 20.4. The summed E-state index contributed by atoms with van der Waals surface area (Å²) in [4.78, 5) is 15.0. The standard InChI is InChI=1S/C24H34N8S/c1-15(19-26-21(25)28-22(27-19)31(5)6)33-23-30-29-20(32(23)18-9-7-8-10-18)16-11-13-17(14-12-16)24(2,3)4/h11-15,18H,7-10H2,1-6H3,(H2,25,26,27,28). The highest BCUT2D eigenvalue weighted by Crippen LogP contribution is 2.40. The molecule has 1 aliphatic carbocycles. The van der Waals surface area contributed by atoms with Gasteiger partial charge in [0.25, 0.3) is 0 Å². The zero-order chi connectivity index (χ0) is 23.8. The molecule has 8 nitrogen and oxygen atoms in total. The van der Waals surface area contributed by atoms with Gasteiger partial charge in [-0.3, -0.25) is 4.57 Å². The van der Waals surface area contributed by atoms with Crippen molar-refractivity contribution in [3.05, 3.63) is 35.7 Å². The Morgan fingerprint density at radius 2 is 1.70 bits per heavy atom. The molecule has 0 saturated heterocycles. The van der Waals surface area contributed by atoms with Gasteiger partial charge in [-0.25, -0.2) is 0 Å². The van der Waals surface area contributed by atoms with Gasteiger partial charge in [-0.15, -0.1) is 10.2 Å². The minimum Gasteiger partial charge on any atom is -0.368 e. The number of benzene rings is 1. The van der Waals surface area contributed by atoms with Crippen molar-refractivity contribution in [3.63, 3.8) is 0 Å². The summed E-state index contributed by atoms with van der Waals surface area (Å²) in [6, 6.07) is 9.16. The molecule has 1 aromatic carbocycles. The van der Waals surface area contributed by atoms with Crippen LogP contribution in [0.25, 0.3) is 11.4 Å². The Bertz CT molecular complexity index is 1090. The summed E-state index contributed by atoms with van der Waals surface area (Å²) in [5.74, 6) is 2.37. The van der Waals surface area contributed by atoms with Crippen molar-refractivity contribution in [1.82, 2.24) is 29.7 Å². The lowest BCUT2D eigenvalue weighted by molar-refractivity contribution is 0.485. The van der Waals surface area contributed by atoms with Gasteiger partial charge in [-0.05, 0) is 30.7 Å². The molecule has 1 fully saturated rings. The molecule has 1 unspecified atom stereocenters. The van der Waals surface area contributed by atoms with Gasteiger partial charge < -0.3 is 10.6 Å². The van der Waals surface area contributed by atoms with Crippen molar-refractivity contribution < 1.29 is 0 Å². The average Bonchev–Trinajstić information content (AvgIpc) is 3.42. The molecule has 2 aromatic heterocycles. The molecule has 2 heterocycles. The lowest BCUT2D eigenvalue weighted by atomic mass is 9.86. The molecule has 0 bridgehead atoms. The van der Waals surface area contributed by atoms with Crippen LogP contribution in [0.3, 0.4) is 0 Å². The van der Waals surface area contributed by atoms with E-state index in [1.54, 1.807) is 11.8 Å². The lowest BCUT2D eigenvalue weighted by Crippen LogP contribution is -2.16. The summed E-state index contributed by atoms with van der Waals surface area (Å²) < 4.78 is 2.33. The van der Waals surface area contributed by atoms with Crippen LogP contribution in [-0.4, -0.2) is 43.8 Å². The Balaban J connectivity index is 1.67. The average molecular weight is 467 g/mol. The summed E-state index contributed by atoms with van der Waals surface area (Å²) in [7, 11) is 3.79. The highest BCUT2D eigenvalue weighted by molar-refractivity contribution is 7.99. The van der Waals surface area contributed by atoms with Gasteiger partial charge in [-0.1, -0.05) is 69.6 Å². The predicted molar refractivity (Wildman–Crippen MR) is 135 cm³/mol. The fourth-order valence-corrected chi connectivity index (χ4v) is 5.12. The summed E-state index contributed by atoms with van der Waals surface area (Å²) >= 11 is 1.62. The fourth-order valence-electron chi connectivity index (χ4n) is 4.16. The van der Waals surface area contributed by atoms with Crippen LogP contribution >= 0.6 is 11.8 Å². The highest BCUT2D eigenvalue weighted by Gasteiger charge is 2.27. The molecule has 1 atom stereocenters. The lowest BCUT2D eigenvalue weighted by Gasteiger charge is -2.20. The SMILES string of the molecule is CC(Sc1nnc(-c2ccc(C(C)(C)C)cc2)n1C1CCCC1)c1nc(N)nc(N(C)C)n1. The van der Waals surface area contributed by atoms with Gasteiger partial charge in [0.2, 0.25) is 11.9 Å². The molecule has 2 N–H and O–H groups in total. The molecule has 3 aromatic rings. The number of nitrogens with two attached hydrogens (primary N) is 1. The second-order valence-corrected chi connectivity index (χ2v) is 11.3. The number of hydrogen-bond donors (Lipinski definition) is 1. The van der Waals surface area contributed by atoms with E-state index in [-0.39, 0.29) is 16.6 Å². The Morgan fingerprint density at radius 3 is 2.30 bits per heavy atom. The van der Waals surface area contributed by atoms with Crippen LogP contribution in [0.4, 0.5) is 11.9 Å². The quantitative estimate of drug-likeness (QED) is 0.504. The molecule has 33 heavy (non-hydrogen) atoms. The van der Waals surface area contributed by atoms with E-state index in [1.807, 2.05) is 19.0 Å². The first-order valence-electron chi connectivity index (χ1n) is 11.5. The molecule has 0 radical (unpaired) electrons. The van der Waals surface area contributed by atoms with Crippen LogP contribution in [0.15, 0.2) is 29.4 Å². The van der Waals surface area contributed by atoms with Crippen LogP contribution in [0.2, 0.25) is 0 Å². The molecule has 0 aliphatic heterocycles. The van der Waals surface area contributed by atoms with Crippen LogP contribution in [0.1, 0.15) is 76.1 Å². The van der Waals surface area contributed by atoms with Crippen LogP contribution in [0.5, 0.6) is 0 Å². The Labute approximate surface area is 200 Å². The maximum absolute atomic E-state index is 5.95. The smallest absolute Gasteiger partial charge is 0.229 e. The Kier molecular flexibility index (Phi) is 6.61. The first-order chi connectivity index (χ1) is 15.6. The Hall–Kier alpha value is -2.68. The fraction of sp³-hybridized carbons (Fsp3) is 0.542. The monoisotopic (exact) mass is 466 g/mol. The van der Waals surface area contributed by atoms with E-state index in [0.29, 0.717) is 17.8 Å². The van der Waals surface area contributed by atoms with E-state index in [1.165, 1.54) is 18.4 Å². The minimum atomic E-state index is -0.0468. The number of nitrogens with zero attached hydrogens (tertiary/aromatic N) is 7. The first-order valence-corrected chi connectivity index (χ1v) is 12.4. The van der Waals surface area contributed by atoms with Crippen molar-refractivity contribution in [2.75, 3.05) is 24.7 Å². The summed E-state index contributed by atoms with van der Waals surface area (Å²) in [5, 5.41) is 10.1. The minimum absolute atomic E-state index is 0.0468. The van der Waals surface area contributed by atoms with Crippen molar-refractivity contribution in [3.8, 4) is 11.4 Å². The molecule has 1 aliphatic rings. The van der Waals surface area contributed by atoms with E-state index in [2.05, 4.69) is 81.7 Å². The van der Waals surface area contributed by atoms with Gasteiger partial charge in [-0.2, -0.15) is 15.0 Å². The number of nitrogen functional groups attached to an aromatic ring is 1. The molecule has 1 saturated carbocycles. The molecule has 9 heteroatoms. The Morgan fingerprint density at radius 1 is 1.03 bits per heavy atom. The number of thioether (sulfide) groups is 1. The summed E-state index contributed by atoms with van der Waals surface area (Å²) in [5.41, 5.74) is 8.48. The second-order valence-electron chi connectivity index (χ2n) is 9.95. The van der Waals surface area contributed by atoms with Crippen molar-refractivity contribution in [2.45, 2.75) is 75.2 Å². The maximum Gasteiger partial charge on any atom is 0.229 e. The maximum atomic E-state index is 5.95. The topological polar surface area (TPSA) is 98.6 Å². The summed E-state index contributed by atoms with van der Waals surface area (Å²) in [6.45, 7) is 8.77. The molecule has 4 rings (SSSR count). The highest BCUT2D eigenvalue weighted by atomic mass is 32.2. The predicted octanol–water partition coefficient (Wildman–Crippen LogP) is 5.04. The number of rotatable bonds is 6. The normalized spacial score (nSPS) is 15.7. The van der Waals surface area contributed by atoms with Gasteiger partial charge in [0.1, 0.15) is 5.82 Å². The molecule has 176 valence electrons. The third-order valence-corrected chi connectivity index (χ3v) is 7.12. The number of hydrogen-bond acceptors (Lipinski definition) is 8. The van der Waals surface area contributed by atoms with Gasteiger partial charge >= 0.3 is 0 Å². The van der Waals surface area contributed by atoms with Gasteiger partial charge in [0, 0.05) is 25.7 Å². The second kappa shape index (κ2) is 9.29. The molecule has 0 spiro atoms. The van der Waals surface area contributed by atoms with E-state index in [9.17, 15) is 0 Å². The van der Waals surface area contributed by atoms with E-state index >= 15 is 0 Å². The van der Waals surface area contributed by atoms with E-state index in [0.717, 1.165) is 29.4 Å². The summed E-state index contributed by atoms with van der Waals surface area (Å²) in [6.07, 6.45) is 4.77. The van der Waals surface area contributed by atoms with E-state index in [4.69, 9.17) is 5.73 Å². The third-order valence-electron chi connectivity index (χ3n) is 6.07. The number of anilines is 2. The molecular weight excluding hydrogens is 432 g/mol. The van der Waals surface area contributed by atoms with E-state index < -0.39 is 0 Å². The van der Waals surface area contributed by atoms with Crippen LogP contribution in [0, 0.1) is 0 Å². The largest absolute Gasteiger partial charge is 0.368 e. The van der Waals surface area contributed by atoms with Crippen molar-refractivity contribution >= 4 is 23.7 Å². The molecular formula is C24H34N8S. The van der Waals surface area contributed by atoms with Crippen molar-refractivity contribution in [2.24, 2.45) is 0 Å². The first kappa shape index (κ1) is 23.5. The van der Waals surface area contributed by atoms with Crippen LogP contribution < -0.4 is 10.6 Å². The third kappa shape index (κ3) is 5.13.